The van der Waals surface area contributed by atoms with E-state index >= 15 is 0 Å². The van der Waals surface area contributed by atoms with Gasteiger partial charge in [-0.2, -0.15) is 0 Å². The van der Waals surface area contributed by atoms with Crippen LogP contribution < -0.4 is 0 Å². The third-order valence-electron chi connectivity index (χ3n) is 1.99. The maximum absolute atomic E-state index is 11.0. The fourth-order valence-electron chi connectivity index (χ4n) is 1.24. The molecular weight excluding hydrogens is 268 g/mol. The molecule has 1 atom stereocenters. The van der Waals surface area contributed by atoms with Gasteiger partial charge in [0.25, 0.3) is 0 Å². The normalized spacial score (nSPS) is 12.9. The fourth-order valence-corrected chi connectivity index (χ4v) is 4.16. The lowest BCUT2D eigenvalue weighted by Crippen LogP contribution is -1.69. The van der Waals surface area contributed by atoms with Gasteiger partial charge in [-0.3, -0.25) is 0 Å². The molecule has 80 valence electrons. The number of halogens is 1. The van der Waals surface area contributed by atoms with Crippen LogP contribution in [0.2, 0.25) is 0 Å². The molecule has 0 N–H and O–H groups in total. The largest absolute Gasteiger partial charge is 0.236 e. The molecule has 0 saturated heterocycles. The molecule has 2 aromatic rings. The van der Waals surface area contributed by atoms with Gasteiger partial charge in [0, 0.05) is 14.6 Å². The Morgan fingerprint density at radius 3 is 2.40 bits per heavy atom. The number of thiophene rings is 2. The maximum atomic E-state index is 11.0. The van der Waals surface area contributed by atoms with Crippen molar-refractivity contribution in [2.75, 3.05) is 0 Å². The van der Waals surface area contributed by atoms with E-state index < -0.39 is 10.0 Å². The summed E-state index contributed by atoms with van der Waals surface area (Å²) < 4.78 is 11.8. The Kier molecular flexibility index (Phi) is 3.61. The Bertz CT molecular complexity index is 486. The van der Waals surface area contributed by atoms with E-state index in [2.05, 4.69) is 19.1 Å². The van der Waals surface area contributed by atoms with Crippen molar-refractivity contribution in [2.45, 2.75) is 17.6 Å². The highest BCUT2D eigenvalue weighted by Crippen LogP contribution is 2.35. The minimum atomic E-state index is -1.38. The third-order valence-corrected chi connectivity index (χ3v) is 6.23. The van der Waals surface area contributed by atoms with E-state index in [1.807, 2.05) is 12.1 Å². The van der Waals surface area contributed by atoms with Crippen LogP contribution in [0.25, 0.3) is 9.75 Å². The average Bonchev–Trinajstić information content (AvgIpc) is 2.86. The summed E-state index contributed by atoms with van der Waals surface area (Å²) in [6.07, 6.45) is 1.06. The summed E-state index contributed by atoms with van der Waals surface area (Å²) in [5.74, 6) is 0. The van der Waals surface area contributed by atoms with Gasteiger partial charge in [0.15, 0.2) is 10.0 Å². The highest BCUT2D eigenvalue weighted by atomic mass is 35.7. The molecule has 0 spiro atoms. The lowest BCUT2D eigenvalue weighted by Gasteiger charge is -1.89. The van der Waals surface area contributed by atoms with Crippen LogP contribution >= 0.6 is 33.4 Å². The summed E-state index contributed by atoms with van der Waals surface area (Å²) in [5, 5.41) is 0. The van der Waals surface area contributed by atoms with Crippen LogP contribution in [0.5, 0.6) is 0 Å². The smallest absolute Gasteiger partial charge is 0.157 e. The first-order chi connectivity index (χ1) is 7.20. The minimum absolute atomic E-state index is 0.720. The van der Waals surface area contributed by atoms with Crippen molar-refractivity contribution in [1.29, 1.82) is 0 Å². The first-order valence-electron chi connectivity index (χ1n) is 4.47. The van der Waals surface area contributed by atoms with Crippen LogP contribution in [-0.2, 0) is 16.4 Å². The van der Waals surface area contributed by atoms with Crippen molar-refractivity contribution >= 4 is 43.4 Å². The van der Waals surface area contributed by atoms with Gasteiger partial charge in [0.05, 0.1) is 0 Å². The third kappa shape index (κ3) is 2.50. The van der Waals surface area contributed by atoms with Crippen molar-refractivity contribution in [3.8, 4) is 9.75 Å². The van der Waals surface area contributed by atoms with E-state index in [0.29, 0.717) is 0 Å². The summed E-state index contributed by atoms with van der Waals surface area (Å²) in [6, 6.07) is 8.05. The second kappa shape index (κ2) is 4.78. The van der Waals surface area contributed by atoms with Crippen LogP contribution in [0.15, 0.2) is 28.5 Å². The molecule has 0 fully saturated rings. The fraction of sp³-hybridized carbons (Fsp3) is 0.200. The monoisotopic (exact) mass is 276 g/mol. The van der Waals surface area contributed by atoms with Crippen LogP contribution in [0.3, 0.4) is 0 Å². The molecule has 15 heavy (non-hydrogen) atoms. The van der Waals surface area contributed by atoms with E-state index in [9.17, 15) is 4.21 Å². The zero-order chi connectivity index (χ0) is 10.8. The topological polar surface area (TPSA) is 17.1 Å². The maximum Gasteiger partial charge on any atom is 0.157 e. The molecular formula is C10H9ClOS3. The summed E-state index contributed by atoms with van der Waals surface area (Å²) in [4.78, 5) is 3.74. The molecule has 2 heterocycles. The van der Waals surface area contributed by atoms with E-state index in [4.69, 9.17) is 10.7 Å². The standard InChI is InChI=1S/C10H9ClOS3/c1-2-7-3-4-8(13-7)9-5-6-10(14-9)15(11)12/h3-6H,2H2,1H3. The van der Waals surface area contributed by atoms with E-state index in [1.54, 1.807) is 11.3 Å². The molecule has 0 aliphatic carbocycles. The number of hydrogen-bond acceptors (Lipinski definition) is 3. The molecule has 0 aliphatic rings. The van der Waals surface area contributed by atoms with Gasteiger partial charge >= 0.3 is 0 Å². The van der Waals surface area contributed by atoms with Crippen LogP contribution in [0.4, 0.5) is 0 Å². The molecule has 0 radical (unpaired) electrons. The molecule has 0 bridgehead atoms. The van der Waals surface area contributed by atoms with E-state index in [0.717, 1.165) is 15.5 Å². The van der Waals surface area contributed by atoms with Gasteiger partial charge < -0.3 is 0 Å². The van der Waals surface area contributed by atoms with Crippen molar-refractivity contribution in [1.82, 2.24) is 0 Å². The van der Waals surface area contributed by atoms with Gasteiger partial charge in [0.2, 0.25) is 0 Å². The molecule has 0 aliphatic heterocycles. The van der Waals surface area contributed by atoms with E-state index in [-0.39, 0.29) is 0 Å². The SMILES string of the molecule is CCc1ccc(-c2ccc(S(=O)Cl)s2)s1. The number of aryl methyl sites for hydroxylation is 1. The summed E-state index contributed by atoms with van der Waals surface area (Å²) >= 11 is 3.28. The highest BCUT2D eigenvalue weighted by Gasteiger charge is 2.08. The van der Waals surface area contributed by atoms with Crippen molar-refractivity contribution in [3.63, 3.8) is 0 Å². The van der Waals surface area contributed by atoms with Crippen molar-refractivity contribution < 1.29 is 4.21 Å². The van der Waals surface area contributed by atoms with Crippen LogP contribution in [-0.4, -0.2) is 4.21 Å². The summed E-state index contributed by atoms with van der Waals surface area (Å²) in [7, 11) is 4.14. The molecule has 0 amide bonds. The van der Waals surface area contributed by atoms with Gasteiger partial charge in [-0.25, -0.2) is 4.21 Å². The second-order valence-electron chi connectivity index (χ2n) is 2.96. The van der Waals surface area contributed by atoms with Gasteiger partial charge in [-0.1, -0.05) is 6.92 Å². The highest BCUT2D eigenvalue weighted by molar-refractivity contribution is 8.09. The van der Waals surface area contributed by atoms with Crippen molar-refractivity contribution in [2.24, 2.45) is 0 Å². The lowest BCUT2D eigenvalue weighted by atomic mass is 10.3. The summed E-state index contributed by atoms with van der Waals surface area (Å²) in [6.45, 7) is 2.14. The molecule has 0 aromatic carbocycles. The minimum Gasteiger partial charge on any atom is -0.236 e. The Morgan fingerprint density at radius 2 is 1.87 bits per heavy atom. The van der Waals surface area contributed by atoms with Crippen LogP contribution in [0.1, 0.15) is 11.8 Å². The Hall–Kier alpha value is -0.160. The first-order valence-corrected chi connectivity index (χ1v) is 8.08. The second-order valence-corrected chi connectivity index (χ2v) is 7.20. The molecule has 0 saturated carbocycles. The van der Waals surface area contributed by atoms with E-state index in [1.165, 1.54) is 21.1 Å². The Balaban J connectivity index is 2.32. The predicted octanol–water partition coefficient (Wildman–Crippen LogP) is 4.30. The molecule has 2 aromatic heterocycles. The Morgan fingerprint density at radius 1 is 1.20 bits per heavy atom. The van der Waals surface area contributed by atoms with Crippen molar-refractivity contribution in [3.05, 3.63) is 29.1 Å². The lowest BCUT2D eigenvalue weighted by molar-refractivity contribution is 0.692. The molecule has 1 unspecified atom stereocenters. The predicted molar refractivity (Wildman–Crippen MR) is 69.3 cm³/mol. The summed E-state index contributed by atoms with van der Waals surface area (Å²) in [5.41, 5.74) is 0. The molecule has 2 rings (SSSR count). The first kappa shape index (κ1) is 11.3. The molecule has 5 heteroatoms. The number of hydrogen-bond donors (Lipinski definition) is 0. The molecule has 1 nitrogen and oxygen atoms in total. The van der Waals surface area contributed by atoms with Gasteiger partial charge in [-0.05, 0) is 41.4 Å². The zero-order valence-electron chi connectivity index (χ0n) is 8.03. The van der Waals surface area contributed by atoms with Crippen LogP contribution in [0, 0.1) is 0 Å². The zero-order valence-corrected chi connectivity index (χ0v) is 11.2. The number of rotatable bonds is 3. The van der Waals surface area contributed by atoms with Gasteiger partial charge in [-0.15, -0.1) is 22.7 Å². The Labute approximate surface area is 104 Å². The van der Waals surface area contributed by atoms with Gasteiger partial charge in [0.1, 0.15) is 4.21 Å². The quantitative estimate of drug-likeness (QED) is 0.764. The average molecular weight is 277 g/mol.